The summed E-state index contributed by atoms with van der Waals surface area (Å²) in [6.07, 6.45) is 0.00607. The minimum absolute atomic E-state index is 0.117. The minimum atomic E-state index is -0.645. The number of anilines is 1. The third-order valence-corrected chi connectivity index (χ3v) is 5.65. The molecule has 0 saturated carbocycles. The number of nitrogens with zero attached hydrogens (tertiary/aromatic N) is 4. The summed E-state index contributed by atoms with van der Waals surface area (Å²) in [5, 5.41) is 9.79. The number of hydrazone groups is 1. The molecule has 0 spiro atoms. The van der Waals surface area contributed by atoms with Crippen molar-refractivity contribution >= 4 is 52.6 Å². The summed E-state index contributed by atoms with van der Waals surface area (Å²) in [5.41, 5.74) is 0.124. The molecule has 0 aliphatic carbocycles. The Kier molecular flexibility index (Phi) is 7.19. The highest BCUT2D eigenvalue weighted by Crippen LogP contribution is 2.28. The first-order chi connectivity index (χ1) is 14.9. The van der Waals surface area contributed by atoms with Crippen molar-refractivity contribution < 1.29 is 19.1 Å². The van der Waals surface area contributed by atoms with Crippen molar-refractivity contribution in [3.63, 3.8) is 0 Å². The van der Waals surface area contributed by atoms with Gasteiger partial charge >= 0.3 is 6.09 Å². The average molecular weight is 484 g/mol. The maximum atomic E-state index is 12.6. The standard InChI is InChI=1S/C21H27Cl2N5O4/c1-13-10-26(20(31)32-21(2,3)4)12-19(30)27(13)11-18(29)24-17-7-8-28(25-17)14-5-6-15(22)16(23)9-14/h5-6,9,13H,7-8,10-12H2,1-4H3,(H,24,25,29). The lowest BCUT2D eigenvalue weighted by Crippen LogP contribution is -2.59. The van der Waals surface area contributed by atoms with Crippen molar-refractivity contribution in [2.75, 3.05) is 31.2 Å². The number of ether oxygens (including phenoxy) is 1. The van der Waals surface area contributed by atoms with Gasteiger partial charge in [0.15, 0.2) is 0 Å². The number of hydrogen-bond donors (Lipinski definition) is 1. The van der Waals surface area contributed by atoms with E-state index in [2.05, 4.69) is 10.4 Å². The van der Waals surface area contributed by atoms with Gasteiger partial charge in [0.25, 0.3) is 0 Å². The molecule has 1 N–H and O–H groups in total. The van der Waals surface area contributed by atoms with Gasteiger partial charge in [-0.25, -0.2) is 4.79 Å². The molecule has 174 valence electrons. The average Bonchev–Trinajstić information content (AvgIpc) is 3.13. The van der Waals surface area contributed by atoms with Crippen LogP contribution in [0.3, 0.4) is 0 Å². The molecule has 2 aliphatic rings. The molecule has 0 bridgehead atoms. The molecule has 1 saturated heterocycles. The monoisotopic (exact) mass is 483 g/mol. The molecule has 3 amide bonds. The third kappa shape index (κ3) is 6.04. The van der Waals surface area contributed by atoms with E-state index in [-0.39, 0.29) is 30.9 Å². The van der Waals surface area contributed by atoms with Gasteiger partial charge in [0, 0.05) is 25.6 Å². The Morgan fingerprint density at radius 3 is 2.59 bits per heavy atom. The van der Waals surface area contributed by atoms with Gasteiger partial charge in [-0.15, -0.1) is 0 Å². The number of piperazine rings is 1. The van der Waals surface area contributed by atoms with Gasteiger partial charge in [-0.05, 0) is 45.9 Å². The fourth-order valence-electron chi connectivity index (χ4n) is 3.42. The summed E-state index contributed by atoms with van der Waals surface area (Å²) in [7, 11) is 0. The predicted molar refractivity (Wildman–Crippen MR) is 123 cm³/mol. The van der Waals surface area contributed by atoms with Crippen molar-refractivity contribution in [2.24, 2.45) is 5.10 Å². The first-order valence-electron chi connectivity index (χ1n) is 10.3. The number of amides is 3. The second-order valence-corrected chi connectivity index (χ2v) is 9.61. The molecule has 1 atom stereocenters. The maximum Gasteiger partial charge on any atom is 0.410 e. The number of amidine groups is 1. The zero-order chi connectivity index (χ0) is 23.6. The Morgan fingerprint density at radius 1 is 1.25 bits per heavy atom. The van der Waals surface area contributed by atoms with Crippen LogP contribution >= 0.6 is 23.2 Å². The second kappa shape index (κ2) is 9.54. The number of rotatable bonds is 3. The van der Waals surface area contributed by atoms with E-state index in [1.807, 2.05) is 0 Å². The Bertz CT molecular complexity index is 947. The van der Waals surface area contributed by atoms with Crippen LogP contribution < -0.4 is 10.3 Å². The summed E-state index contributed by atoms with van der Waals surface area (Å²) in [5.74, 6) is -0.144. The number of carbonyl (C=O) groups excluding carboxylic acids is 3. The molecule has 0 aromatic heterocycles. The second-order valence-electron chi connectivity index (χ2n) is 8.80. The lowest BCUT2D eigenvalue weighted by molar-refractivity contribution is -0.142. The molecule has 9 nitrogen and oxygen atoms in total. The number of hydrogen-bond acceptors (Lipinski definition) is 6. The van der Waals surface area contributed by atoms with Crippen molar-refractivity contribution in [2.45, 2.75) is 45.8 Å². The van der Waals surface area contributed by atoms with Crippen molar-refractivity contribution in [1.82, 2.24) is 15.1 Å². The van der Waals surface area contributed by atoms with Crippen LogP contribution in [0.5, 0.6) is 0 Å². The Morgan fingerprint density at radius 2 is 1.97 bits per heavy atom. The molecule has 32 heavy (non-hydrogen) atoms. The van der Waals surface area contributed by atoms with E-state index < -0.39 is 11.7 Å². The van der Waals surface area contributed by atoms with Gasteiger partial charge in [-0.1, -0.05) is 23.2 Å². The van der Waals surface area contributed by atoms with Crippen LogP contribution in [-0.2, 0) is 14.3 Å². The molecule has 11 heteroatoms. The molecule has 2 aliphatic heterocycles. The van der Waals surface area contributed by atoms with Crippen molar-refractivity contribution in [3.8, 4) is 0 Å². The SMILES string of the molecule is CC1CN(C(=O)OC(C)(C)C)CC(=O)N1CC(=O)NC1=NN(c2ccc(Cl)c(Cl)c2)CC1. The van der Waals surface area contributed by atoms with Crippen LogP contribution in [0.1, 0.15) is 34.1 Å². The Hall–Kier alpha value is -2.52. The first kappa shape index (κ1) is 24.1. The van der Waals surface area contributed by atoms with E-state index in [9.17, 15) is 14.4 Å². The highest BCUT2D eigenvalue weighted by atomic mass is 35.5. The van der Waals surface area contributed by atoms with E-state index in [4.69, 9.17) is 27.9 Å². The van der Waals surface area contributed by atoms with E-state index >= 15 is 0 Å². The molecule has 1 unspecified atom stereocenters. The molecule has 0 radical (unpaired) electrons. The van der Waals surface area contributed by atoms with Gasteiger partial charge in [-0.3, -0.25) is 19.5 Å². The number of carbonyl (C=O) groups is 3. The lowest BCUT2D eigenvalue weighted by Gasteiger charge is -2.39. The van der Waals surface area contributed by atoms with Gasteiger partial charge in [-0.2, -0.15) is 5.10 Å². The molecule has 3 rings (SSSR count). The van der Waals surface area contributed by atoms with E-state index in [1.54, 1.807) is 50.9 Å². The fraction of sp³-hybridized carbons (Fsp3) is 0.524. The largest absolute Gasteiger partial charge is 0.444 e. The van der Waals surface area contributed by atoms with Crippen molar-refractivity contribution in [1.29, 1.82) is 0 Å². The summed E-state index contributed by atoms with van der Waals surface area (Å²) in [6, 6.07) is 4.87. The summed E-state index contributed by atoms with van der Waals surface area (Å²) in [4.78, 5) is 40.2. The number of nitrogens with one attached hydrogen (secondary N) is 1. The van der Waals surface area contributed by atoms with Crippen LogP contribution in [0.4, 0.5) is 10.5 Å². The van der Waals surface area contributed by atoms with Gasteiger partial charge in [0.1, 0.15) is 24.5 Å². The first-order valence-corrected chi connectivity index (χ1v) is 11.1. The quantitative estimate of drug-likeness (QED) is 0.712. The normalized spacial score (nSPS) is 19.2. The molecule has 2 heterocycles. The zero-order valence-corrected chi connectivity index (χ0v) is 20.0. The number of halogens is 2. The highest BCUT2D eigenvalue weighted by molar-refractivity contribution is 6.42. The molecule has 1 fully saturated rings. The third-order valence-electron chi connectivity index (χ3n) is 4.92. The molecular formula is C21H27Cl2N5O4. The summed E-state index contributed by atoms with van der Waals surface area (Å²) in [6.45, 7) is 7.73. The van der Waals surface area contributed by atoms with Crippen LogP contribution in [-0.4, -0.2) is 71.4 Å². The van der Waals surface area contributed by atoms with E-state index in [0.29, 0.717) is 35.4 Å². The van der Waals surface area contributed by atoms with Crippen molar-refractivity contribution in [3.05, 3.63) is 28.2 Å². The van der Waals surface area contributed by atoms with Crippen LogP contribution in [0.15, 0.2) is 23.3 Å². The summed E-state index contributed by atoms with van der Waals surface area (Å²) >= 11 is 12.0. The van der Waals surface area contributed by atoms with E-state index in [1.165, 1.54) is 9.80 Å². The molecular weight excluding hydrogens is 457 g/mol. The lowest BCUT2D eigenvalue weighted by atomic mass is 10.2. The van der Waals surface area contributed by atoms with Gasteiger partial charge < -0.3 is 15.0 Å². The highest BCUT2D eigenvalue weighted by Gasteiger charge is 2.35. The van der Waals surface area contributed by atoms with Crippen LogP contribution in [0.2, 0.25) is 10.0 Å². The minimum Gasteiger partial charge on any atom is -0.444 e. The zero-order valence-electron chi connectivity index (χ0n) is 18.5. The van der Waals surface area contributed by atoms with Crippen LogP contribution in [0.25, 0.3) is 0 Å². The maximum absolute atomic E-state index is 12.6. The predicted octanol–water partition coefficient (Wildman–Crippen LogP) is 3.10. The van der Waals surface area contributed by atoms with Gasteiger partial charge in [0.2, 0.25) is 11.8 Å². The van der Waals surface area contributed by atoms with Crippen LogP contribution in [0, 0.1) is 0 Å². The number of benzene rings is 1. The molecule has 1 aromatic rings. The summed E-state index contributed by atoms with van der Waals surface area (Å²) < 4.78 is 5.34. The fourth-order valence-corrected chi connectivity index (χ4v) is 3.72. The Balaban J connectivity index is 1.55. The molecule has 1 aromatic carbocycles. The van der Waals surface area contributed by atoms with E-state index in [0.717, 1.165) is 5.69 Å². The Labute approximate surface area is 197 Å². The topological polar surface area (TPSA) is 94.5 Å². The smallest absolute Gasteiger partial charge is 0.410 e. The van der Waals surface area contributed by atoms with Gasteiger partial charge in [0.05, 0.1) is 15.7 Å².